The van der Waals surface area contributed by atoms with Crippen molar-refractivity contribution in [2.75, 3.05) is 20.7 Å². The Morgan fingerprint density at radius 2 is 1.61 bits per heavy atom. The number of aliphatic hydroxyl groups is 1. The van der Waals surface area contributed by atoms with E-state index in [-0.39, 0.29) is 30.4 Å². The first kappa shape index (κ1) is 28.9. The van der Waals surface area contributed by atoms with Gasteiger partial charge in [-0.15, -0.1) is 0 Å². The fourth-order valence-corrected chi connectivity index (χ4v) is 4.17. The van der Waals surface area contributed by atoms with Gasteiger partial charge in [-0.25, -0.2) is 0 Å². The maximum absolute atomic E-state index is 13.7. The minimum atomic E-state index is -0.707. The largest absolute Gasteiger partial charge is 0.392 e. The predicted octanol–water partition coefficient (Wildman–Crippen LogP) is 3.50. The molecule has 0 saturated carbocycles. The maximum Gasteiger partial charge on any atom is 0.245 e. The van der Waals surface area contributed by atoms with Crippen molar-refractivity contribution < 1.29 is 14.7 Å². The van der Waals surface area contributed by atoms with Crippen molar-refractivity contribution in [1.82, 2.24) is 15.5 Å². The van der Waals surface area contributed by atoms with E-state index < -0.39 is 22.9 Å². The molecule has 2 amide bonds. The topological polar surface area (TPSA) is 81.7 Å². The normalized spacial score (nSPS) is 15.7. The van der Waals surface area contributed by atoms with Gasteiger partial charge in [0, 0.05) is 12.5 Å². The van der Waals surface area contributed by atoms with Crippen LogP contribution in [0.4, 0.5) is 0 Å². The molecule has 0 radical (unpaired) electrons. The number of nitrogens with zero attached hydrogens (tertiary/aromatic N) is 1. The molecule has 0 bridgehead atoms. The summed E-state index contributed by atoms with van der Waals surface area (Å²) >= 11 is 0. The molecule has 0 aliphatic carbocycles. The van der Waals surface area contributed by atoms with Crippen LogP contribution in [-0.4, -0.2) is 60.6 Å². The Morgan fingerprint density at radius 1 is 1.06 bits per heavy atom. The van der Waals surface area contributed by atoms with Gasteiger partial charge >= 0.3 is 0 Å². The number of carbonyl (C=O) groups excluding carboxylic acids is 2. The molecule has 0 saturated heterocycles. The summed E-state index contributed by atoms with van der Waals surface area (Å²) in [7, 11) is 3.54. The first-order valence-corrected chi connectivity index (χ1v) is 11.8. The van der Waals surface area contributed by atoms with Crippen molar-refractivity contribution in [2.45, 2.75) is 78.9 Å². The molecular weight excluding hydrogens is 414 g/mol. The zero-order valence-corrected chi connectivity index (χ0v) is 22.2. The highest BCUT2D eigenvalue weighted by atomic mass is 16.3. The fraction of sp³-hybridized carbons (Fsp3) is 0.630. The Kier molecular flexibility index (Phi) is 10.3. The molecule has 3 atom stereocenters. The summed E-state index contributed by atoms with van der Waals surface area (Å²) in [6.07, 6.45) is 1.93. The predicted molar refractivity (Wildman–Crippen MR) is 136 cm³/mol. The molecule has 6 heteroatoms. The SMILES string of the molecule is CNC(C(=O)N[C@H](C(=O)N(C)[C@H](C=C(C)CO)C(C)C)C(C)(C)C)C(C)(C)c1ccccc1. The summed E-state index contributed by atoms with van der Waals surface area (Å²) in [4.78, 5) is 28.9. The highest BCUT2D eigenvalue weighted by Gasteiger charge is 2.41. The van der Waals surface area contributed by atoms with E-state index in [1.807, 2.05) is 91.8 Å². The molecule has 0 aromatic heterocycles. The number of aliphatic hydroxyl groups excluding tert-OH is 1. The van der Waals surface area contributed by atoms with Crippen LogP contribution in [0.25, 0.3) is 0 Å². The van der Waals surface area contributed by atoms with Gasteiger partial charge in [0.2, 0.25) is 11.8 Å². The average molecular weight is 460 g/mol. The molecule has 1 aromatic rings. The van der Waals surface area contributed by atoms with Gasteiger partial charge in [0.25, 0.3) is 0 Å². The van der Waals surface area contributed by atoms with Crippen LogP contribution in [0.5, 0.6) is 0 Å². The van der Waals surface area contributed by atoms with E-state index in [9.17, 15) is 14.7 Å². The van der Waals surface area contributed by atoms with Crippen LogP contribution in [0.15, 0.2) is 42.0 Å². The molecule has 1 unspecified atom stereocenters. The first-order chi connectivity index (χ1) is 15.2. The molecule has 6 nitrogen and oxygen atoms in total. The quantitative estimate of drug-likeness (QED) is 0.468. The summed E-state index contributed by atoms with van der Waals surface area (Å²) in [5.41, 5.74) is 0.871. The molecule has 33 heavy (non-hydrogen) atoms. The highest BCUT2D eigenvalue weighted by molar-refractivity contribution is 5.91. The van der Waals surface area contributed by atoms with E-state index in [4.69, 9.17) is 0 Å². The summed E-state index contributed by atoms with van der Waals surface area (Å²) in [5, 5.41) is 15.7. The van der Waals surface area contributed by atoms with E-state index >= 15 is 0 Å². The monoisotopic (exact) mass is 459 g/mol. The lowest BCUT2D eigenvalue weighted by atomic mass is 9.76. The Bertz CT molecular complexity index is 810. The van der Waals surface area contributed by atoms with Crippen LogP contribution in [0.2, 0.25) is 0 Å². The van der Waals surface area contributed by atoms with Crippen molar-refractivity contribution in [3.05, 3.63) is 47.5 Å². The maximum atomic E-state index is 13.7. The van der Waals surface area contributed by atoms with E-state index in [0.717, 1.165) is 11.1 Å². The van der Waals surface area contributed by atoms with Crippen molar-refractivity contribution >= 4 is 11.8 Å². The van der Waals surface area contributed by atoms with Gasteiger partial charge in [0.15, 0.2) is 0 Å². The second-order valence-corrected chi connectivity index (χ2v) is 11.0. The second kappa shape index (κ2) is 11.8. The number of carbonyl (C=O) groups is 2. The molecule has 186 valence electrons. The molecule has 0 spiro atoms. The summed E-state index contributed by atoms with van der Waals surface area (Å²) in [6.45, 7) is 15.8. The minimum Gasteiger partial charge on any atom is -0.392 e. The van der Waals surface area contributed by atoms with Gasteiger partial charge in [0.05, 0.1) is 18.7 Å². The van der Waals surface area contributed by atoms with E-state index in [2.05, 4.69) is 10.6 Å². The van der Waals surface area contributed by atoms with Gasteiger partial charge < -0.3 is 20.6 Å². The highest BCUT2D eigenvalue weighted by Crippen LogP contribution is 2.29. The Hall–Kier alpha value is -2.18. The smallest absolute Gasteiger partial charge is 0.245 e. The van der Waals surface area contributed by atoms with E-state index in [0.29, 0.717) is 0 Å². The lowest BCUT2D eigenvalue weighted by molar-refractivity contribution is -0.140. The molecular formula is C27H45N3O3. The third kappa shape index (κ3) is 7.41. The van der Waals surface area contributed by atoms with Crippen LogP contribution >= 0.6 is 0 Å². The number of nitrogens with one attached hydrogen (secondary N) is 2. The standard InChI is InChI=1S/C27H45N3O3/c1-18(2)21(16-19(3)17-31)30(10)25(33)23(26(4,5)6)29-24(32)22(28-9)27(7,8)20-14-12-11-13-15-20/h11-16,18,21-23,28,31H,17H2,1-10H3,(H,29,32)/t21-,22?,23-/m1/s1. The zero-order valence-electron chi connectivity index (χ0n) is 22.2. The Labute approximate surface area is 200 Å². The summed E-state index contributed by atoms with van der Waals surface area (Å²) in [5.74, 6) is -0.209. The van der Waals surface area contributed by atoms with Gasteiger partial charge in [-0.1, -0.05) is 90.4 Å². The van der Waals surface area contributed by atoms with Crippen molar-refractivity contribution in [2.24, 2.45) is 11.3 Å². The van der Waals surface area contributed by atoms with Crippen molar-refractivity contribution in [3.8, 4) is 0 Å². The number of rotatable bonds is 10. The number of hydrogen-bond donors (Lipinski definition) is 3. The number of amides is 2. The van der Waals surface area contributed by atoms with E-state index in [1.54, 1.807) is 19.0 Å². The third-order valence-electron chi connectivity index (χ3n) is 6.37. The number of benzene rings is 1. The van der Waals surface area contributed by atoms with E-state index in [1.165, 1.54) is 0 Å². The third-order valence-corrected chi connectivity index (χ3v) is 6.37. The van der Waals surface area contributed by atoms with Crippen LogP contribution in [0.3, 0.4) is 0 Å². The van der Waals surface area contributed by atoms with Crippen molar-refractivity contribution in [1.29, 1.82) is 0 Å². The molecule has 1 rings (SSSR count). The Morgan fingerprint density at radius 3 is 2.03 bits per heavy atom. The lowest BCUT2D eigenvalue weighted by Crippen LogP contribution is -2.61. The second-order valence-electron chi connectivity index (χ2n) is 11.0. The van der Waals surface area contributed by atoms with Gasteiger partial charge in [-0.2, -0.15) is 0 Å². The lowest BCUT2D eigenvalue weighted by Gasteiger charge is -2.40. The Balaban J connectivity index is 3.25. The first-order valence-electron chi connectivity index (χ1n) is 11.8. The molecule has 0 heterocycles. The van der Waals surface area contributed by atoms with Gasteiger partial charge in [0.1, 0.15) is 6.04 Å². The molecule has 1 aromatic carbocycles. The number of hydrogen-bond acceptors (Lipinski definition) is 4. The molecule has 0 aliphatic heterocycles. The molecule has 0 aliphatic rings. The number of likely N-dealkylation sites (N-methyl/N-ethyl adjacent to an activating group) is 2. The van der Waals surface area contributed by atoms with Crippen LogP contribution in [0.1, 0.15) is 61.0 Å². The summed E-state index contributed by atoms with van der Waals surface area (Å²) < 4.78 is 0. The average Bonchev–Trinajstić information content (AvgIpc) is 2.74. The fourth-order valence-electron chi connectivity index (χ4n) is 4.17. The van der Waals surface area contributed by atoms with Crippen LogP contribution in [0, 0.1) is 11.3 Å². The molecule has 3 N–H and O–H groups in total. The van der Waals surface area contributed by atoms with Crippen LogP contribution in [-0.2, 0) is 15.0 Å². The zero-order chi connectivity index (χ0) is 25.6. The minimum absolute atomic E-state index is 0.0525. The molecule has 0 fully saturated rings. The van der Waals surface area contributed by atoms with Crippen LogP contribution < -0.4 is 10.6 Å². The van der Waals surface area contributed by atoms with Crippen molar-refractivity contribution in [3.63, 3.8) is 0 Å². The van der Waals surface area contributed by atoms with Gasteiger partial charge in [-0.3, -0.25) is 9.59 Å². The van der Waals surface area contributed by atoms with Gasteiger partial charge in [-0.05, 0) is 30.9 Å². The summed E-state index contributed by atoms with van der Waals surface area (Å²) in [6, 6.07) is 8.49.